The van der Waals surface area contributed by atoms with E-state index < -0.39 is 17.7 Å². The monoisotopic (exact) mass is 509 g/mol. The molecule has 1 saturated heterocycles. The van der Waals surface area contributed by atoms with Gasteiger partial charge >= 0.3 is 0 Å². The van der Waals surface area contributed by atoms with E-state index in [1.165, 1.54) is 12.1 Å². The predicted molar refractivity (Wildman–Crippen MR) is 138 cm³/mol. The van der Waals surface area contributed by atoms with Gasteiger partial charge in [0.05, 0.1) is 12.7 Å². The number of nitrogens with zero attached hydrogens (tertiary/aromatic N) is 1. The van der Waals surface area contributed by atoms with Gasteiger partial charge in [0.2, 0.25) is 0 Å². The summed E-state index contributed by atoms with van der Waals surface area (Å²) >= 11 is 0. The Labute approximate surface area is 216 Å². The largest absolute Gasteiger partial charge is 0.508 e. The summed E-state index contributed by atoms with van der Waals surface area (Å²) in [7, 11) is 3.36. The zero-order valence-electron chi connectivity index (χ0n) is 21.4. The fourth-order valence-electron chi connectivity index (χ4n) is 5.77. The van der Waals surface area contributed by atoms with Gasteiger partial charge in [0.15, 0.2) is 6.29 Å². The summed E-state index contributed by atoms with van der Waals surface area (Å²) in [5.74, 6) is -0.789. The van der Waals surface area contributed by atoms with Gasteiger partial charge in [-0.2, -0.15) is 0 Å². The number of rotatable bonds is 6. The molecule has 0 spiro atoms. The predicted octanol–water partition coefficient (Wildman–Crippen LogP) is 6.22. The Morgan fingerprint density at radius 2 is 1.62 bits per heavy atom. The van der Waals surface area contributed by atoms with E-state index in [0.29, 0.717) is 5.92 Å². The Bertz CT molecular complexity index is 1240. The maximum Gasteiger partial charge on any atom is 0.159 e. The average Bonchev–Trinajstić information content (AvgIpc) is 2.91. The number of phenolic OH excluding ortho intramolecular Hbond substituents is 1. The van der Waals surface area contributed by atoms with Crippen molar-refractivity contribution >= 4 is 5.69 Å². The maximum absolute atomic E-state index is 15.1. The minimum atomic E-state index is -0.700. The van der Waals surface area contributed by atoms with E-state index in [0.717, 1.165) is 48.3 Å². The molecule has 3 aromatic rings. The van der Waals surface area contributed by atoms with Crippen molar-refractivity contribution in [2.75, 3.05) is 32.2 Å². The molecule has 0 amide bonds. The molecule has 2 heterocycles. The Hall–Kier alpha value is -3.00. The van der Waals surface area contributed by atoms with Crippen molar-refractivity contribution in [1.29, 1.82) is 0 Å². The van der Waals surface area contributed by atoms with Crippen LogP contribution in [0.3, 0.4) is 0 Å². The van der Waals surface area contributed by atoms with Crippen LogP contribution >= 0.6 is 0 Å². The van der Waals surface area contributed by atoms with Crippen molar-refractivity contribution in [2.24, 2.45) is 5.92 Å². The molecule has 0 saturated carbocycles. The molecule has 0 radical (unpaired) electrons. The van der Waals surface area contributed by atoms with E-state index in [4.69, 9.17) is 14.2 Å². The number of aromatic hydroxyl groups is 1. The first-order valence-electron chi connectivity index (χ1n) is 12.7. The Morgan fingerprint density at radius 3 is 2.30 bits per heavy atom. The van der Waals surface area contributed by atoms with E-state index in [-0.39, 0.29) is 35.7 Å². The van der Waals surface area contributed by atoms with Gasteiger partial charge in [0.1, 0.15) is 17.4 Å². The molecule has 5 rings (SSSR count). The number of fused-ring (bicyclic) bond motifs is 1. The molecular weight excluding hydrogens is 476 g/mol. The highest BCUT2D eigenvalue weighted by molar-refractivity contribution is 5.52. The van der Waals surface area contributed by atoms with Crippen LogP contribution < -0.4 is 4.90 Å². The Balaban J connectivity index is 1.44. The molecule has 1 fully saturated rings. The van der Waals surface area contributed by atoms with E-state index in [1.54, 1.807) is 33.3 Å². The summed E-state index contributed by atoms with van der Waals surface area (Å²) in [5, 5.41) is 10.0. The molecule has 2 aliphatic rings. The summed E-state index contributed by atoms with van der Waals surface area (Å²) < 4.78 is 46.6. The number of piperidine rings is 1. The molecular formula is C30H33F2NO4. The van der Waals surface area contributed by atoms with Crippen LogP contribution in [0.25, 0.3) is 0 Å². The summed E-state index contributed by atoms with van der Waals surface area (Å²) in [6.07, 6.45) is 1.07. The van der Waals surface area contributed by atoms with Crippen LogP contribution in [0.1, 0.15) is 52.7 Å². The summed E-state index contributed by atoms with van der Waals surface area (Å²) in [4.78, 5) is 2.35. The second-order valence-electron chi connectivity index (χ2n) is 9.97. The smallest absolute Gasteiger partial charge is 0.159 e. The quantitative estimate of drug-likeness (QED) is 0.400. The summed E-state index contributed by atoms with van der Waals surface area (Å²) in [5.41, 5.74) is 4.28. The van der Waals surface area contributed by atoms with Gasteiger partial charge < -0.3 is 24.2 Å². The highest BCUT2D eigenvalue weighted by atomic mass is 19.1. The second-order valence-corrected chi connectivity index (χ2v) is 9.97. The average molecular weight is 510 g/mol. The number of hydrogen-bond acceptors (Lipinski definition) is 5. The minimum absolute atomic E-state index is 0.148. The molecule has 0 aromatic heterocycles. The molecule has 0 unspecified atom stereocenters. The topological polar surface area (TPSA) is 51.2 Å². The molecule has 2 aliphatic heterocycles. The standard InChI is InChI=1S/C30H33F2NO4/c1-18-14-27(32)25(16-26(18)31)29-28(24-9-8-23(34)15-21(24)17-37-29)19-4-6-22(7-5-19)33-12-10-20(11-13-33)30(35-2)36-3/h4-9,14-16,20,28-30,34H,10-13,17H2,1-3H3/t28-,29-/m1/s1. The van der Waals surface area contributed by atoms with Gasteiger partial charge in [-0.1, -0.05) is 18.2 Å². The molecule has 37 heavy (non-hydrogen) atoms. The van der Waals surface area contributed by atoms with Gasteiger partial charge in [-0.05, 0) is 78.4 Å². The number of ether oxygens (including phenoxy) is 3. The van der Waals surface area contributed by atoms with E-state index in [9.17, 15) is 9.50 Å². The molecule has 196 valence electrons. The lowest BCUT2D eigenvalue weighted by molar-refractivity contribution is -0.141. The van der Waals surface area contributed by atoms with Crippen LogP contribution in [-0.4, -0.2) is 38.7 Å². The minimum Gasteiger partial charge on any atom is -0.508 e. The number of halogens is 2. The molecule has 5 nitrogen and oxygen atoms in total. The van der Waals surface area contributed by atoms with Crippen LogP contribution in [0.5, 0.6) is 5.75 Å². The molecule has 0 aliphatic carbocycles. The molecule has 1 N–H and O–H groups in total. The van der Waals surface area contributed by atoms with Crippen molar-refractivity contribution in [3.05, 3.63) is 94.0 Å². The fourth-order valence-corrected chi connectivity index (χ4v) is 5.77. The Kier molecular flexibility index (Phi) is 7.47. The molecule has 3 aromatic carbocycles. The van der Waals surface area contributed by atoms with Crippen LogP contribution in [0, 0.1) is 24.5 Å². The normalized spacial score (nSPS) is 20.3. The highest BCUT2D eigenvalue weighted by Crippen LogP contribution is 2.46. The molecule has 7 heteroatoms. The van der Waals surface area contributed by atoms with Gasteiger partial charge in [-0.3, -0.25) is 0 Å². The fraction of sp³-hybridized carbons (Fsp3) is 0.400. The van der Waals surface area contributed by atoms with Gasteiger partial charge in [0.25, 0.3) is 0 Å². The lowest BCUT2D eigenvalue weighted by Gasteiger charge is -2.37. The zero-order chi connectivity index (χ0) is 26.1. The number of hydrogen-bond donors (Lipinski definition) is 1. The van der Waals surface area contributed by atoms with Crippen molar-refractivity contribution in [3.63, 3.8) is 0 Å². The van der Waals surface area contributed by atoms with Crippen LogP contribution in [0.4, 0.5) is 14.5 Å². The van der Waals surface area contributed by atoms with E-state index >= 15 is 4.39 Å². The van der Waals surface area contributed by atoms with Crippen LogP contribution in [0.15, 0.2) is 54.6 Å². The lowest BCUT2D eigenvalue weighted by atomic mass is 9.79. The molecule has 0 bridgehead atoms. The molecule has 2 atom stereocenters. The number of anilines is 1. The van der Waals surface area contributed by atoms with Crippen LogP contribution in [-0.2, 0) is 20.8 Å². The third-order valence-electron chi connectivity index (χ3n) is 7.77. The summed E-state index contributed by atoms with van der Waals surface area (Å²) in [6, 6.07) is 15.9. The van der Waals surface area contributed by atoms with E-state index in [1.807, 2.05) is 18.2 Å². The first kappa shape index (κ1) is 25.6. The first-order valence-corrected chi connectivity index (χ1v) is 12.7. The maximum atomic E-state index is 15.1. The van der Waals surface area contributed by atoms with Crippen molar-refractivity contribution in [1.82, 2.24) is 0 Å². The number of aryl methyl sites for hydroxylation is 1. The van der Waals surface area contributed by atoms with Gasteiger partial charge in [0, 0.05) is 50.4 Å². The number of methoxy groups -OCH3 is 2. The van der Waals surface area contributed by atoms with Gasteiger partial charge in [-0.25, -0.2) is 8.78 Å². The van der Waals surface area contributed by atoms with Crippen molar-refractivity contribution < 1.29 is 28.1 Å². The first-order chi connectivity index (χ1) is 17.9. The summed E-state index contributed by atoms with van der Waals surface area (Å²) in [6.45, 7) is 3.55. The zero-order valence-corrected chi connectivity index (χ0v) is 21.4. The number of phenols is 1. The lowest BCUT2D eigenvalue weighted by Crippen LogP contribution is -2.39. The number of benzene rings is 3. The van der Waals surface area contributed by atoms with Crippen molar-refractivity contribution in [3.8, 4) is 5.75 Å². The third kappa shape index (κ3) is 5.08. The van der Waals surface area contributed by atoms with Gasteiger partial charge in [-0.15, -0.1) is 0 Å². The second kappa shape index (κ2) is 10.8. The third-order valence-corrected chi connectivity index (χ3v) is 7.77. The van der Waals surface area contributed by atoms with Crippen LogP contribution in [0.2, 0.25) is 0 Å². The highest BCUT2D eigenvalue weighted by Gasteiger charge is 2.35. The van der Waals surface area contributed by atoms with E-state index in [2.05, 4.69) is 17.0 Å². The SMILES string of the molecule is COC(OC)C1CCN(c2ccc([C@@H]3c4ccc(O)cc4CO[C@@H]3c3cc(F)c(C)cc3F)cc2)CC1. The Morgan fingerprint density at radius 1 is 0.919 bits per heavy atom. The van der Waals surface area contributed by atoms with Crippen molar-refractivity contribution in [2.45, 2.75) is 44.7 Å².